The standard InChI is InChI=1S/C33H43N3O3S/c1-7-26(11-8-10-23(2)3)27-16-17-36(20-27)40-34-28-12-9-13-29(19-28)39-32-22-35(21-31(32)38-6)33(37)30-18-24(4)14-15-25(30)5/h7-15,18-19,27,31-32,34H,16-17,20-22H2,1-6H3/b11-8-,26-7+. The van der Waals surface area contributed by atoms with Crippen LogP contribution in [0, 0.1) is 19.8 Å². The van der Waals surface area contributed by atoms with E-state index in [2.05, 4.69) is 54.1 Å². The van der Waals surface area contributed by atoms with Crippen molar-refractivity contribution in [2.45, 2.75) is 53.2 Å². The molecule has 0 spiro atoms. The largest absolute Gasteiger partial charge is 0.486 e. The number of amides is 1. The van der Waals surface area contributed by atoms with E-state index < -0.39 is 0 Å². The molecule has 0 aromatic heterocycles. The number of anilines is 1. The predicted molar refractivity (Wildman–Crippen MR) is 167 cm³/mol. The van der Waals surface area contributed by atoms with Crippen LogP contribution < -0.4 is 9.46 Å². The average molecular weight is 562 g/mol. The number of methoxy groups -OCH3 is 1. The number of ether oxygens (including phenoxy) is 2. The van der Waals surface area contributed by atoms with Gasteiger partial charge >= 0.3 is 0 Å². The van der Waals surface area contributed by atoms with Crippen LogP contribution in [0.15, 0.2) is 77.9 Å². The van der Waals surface area contributed by atoms with Crippen molar-refractivity contribution in [3.63, 3.8) is 0 Å². The minimum absolute atomic E-state index is 0.0265. The molecule has 6 nitrogen and oxygen atoms in total. The van der Waals surface area contributed by atoms with Gasteiger partial charge < -0.3 is 19.1 Å². The van der Waals surface area contributed by atoms with Crippen molar-refractivity contribution >= 4 is 23.7 Å². The van der Waals surface area contributed by atoms with E-state index >= 15 is 0 Å². The van der Waals surface area contributed by atoms with Crippen molar-refractivity contribution in [3.8, 4) is 5.75 Å². The second kappa shape index (κ2) is 14.1. The van der Waals surface area contributed by atoms with Crippen molar-refractivity contribution in [1.29, 1.82) is 0 Å². The molecular formula is C33H43N3O3S. The Hall–Kier alpha value is -3.00. The summed E-state index contributed by atoms with van der Waals surface area (Å²) in [5.74, 6) is 1.33. The van der Waals surface area contributed by atoms with Crippen LogP contribution in [0.4, 0.5) is 5.69 Å². The summed E-state index contributed by atoms with van der Waals surface area (Å²) in [4.78, 5) is 15.1. The third-order valence-electron chi connectivity index (χ3n) is 7.52. The topological polar surface area (TPSA) is 54.0 Å². The van der Waals surface area contributed by atoms with Crippen LogP contribution in [0.5, 0.6) is 5.75 Å². The third kappa shape index (κ3) is 7.80. The van der Waals surface area contributed by atoms with E-state index in [1.165, 1.54) is 11.1 Å². The molecule has 0 radical (unpaired) electrons. The number of carbonyl (C=O) groups is 1. The molecule has 2 saturated heterocycles. The van der Waals surface area contributed by atoms with Crippen molar-refractivity contribution in [3.05, 3.63) is 94.6 Å². The van der Waals surface area contributed by atoms with Gasteiger partial charge in [0, 0.05) is 49.7 Å². The third-order valence-corrected chi connectivity index (χ3v) is 8.43. The lowest BCUT2D eigenvalue weighted by Crippen LogP contribution is -2.32. The lowest BCUT2D eigenvalue weighted by molar-refractivity contribution is 0.0340. The lowest BCUT2D eigenvalue weighted by Gasteiger charge is -2.20. The van der Waals surface area contributed by atoms with Gasteiger partial charge in [-0.05, 0) is 76.3 Å². The molecule has 2 aliphatic rings. The summed E-state index contributed by atoms with van der Waals surface area (Å²) in [6, 6.07) is 14.0. The Kier molecular flexibility index (Phi) is 10.5. The van der Waals surface area contributed by atoms with Gasteiger partial charge in [0.2, 0.25) is 0 Å². The number of hydrogen-bond acceptors (Lipinski definition) is 6. The summed E-state index contributed by atoms with van der Waals surface area (Å²) in [6.07, 6.45) is 9.51. The van der Waals surface area contributed by atoms with Crippen LogP contribution in [0.25, 0.3) is 0 Å². The van der Waals surface area contributed by atoms with Crippen molar-refractivity contribution in [2.24, 2.45) is 5.92 Å². The van der Waals surface area contributed by atoms with Gasteiger partial charge in [0.1, 0.15) is 18.0 Å². The lowest BCUT2D eigenvalue weighted by atomic mass is 9.97. The van der Waals surface area contributed by atoms with Crippen LogP contribution in [0.3, 0.4) is 0 Å². The zero-order valence-electron chi connectivity index (χ0n) is 24.6. The zero-order chi connectivity index (χ0) is 28.6. The number of nitrogens with one attached hydrogen (secondary N) is 1. The number of likely N-dealkylation sites (tertiary alicyclic amines) is 1. The average Bonchev–Trinajstić information content (AvgIpc) is 3.58. The Morgan fingerprint density at radius 1 is 1.07 bits per heavy atom. The Balaban J connectivity index is 1.32. The first-order valence-corrected chi connectivity index (χ1v) is 14.9. The maximum absolute atomic E-state index is 13.3. The van der Waals surface area contributed by atoms with Crippen LogP contribution in [-0.2, 0) is 4.74 Å². The summed E-state index contributed by atoms with van der Waals surface area (Å²) in [6.45, 7) is 13.4. The van der Waals surface area contributed by atoms with E-state index in [1.54, 1.807) is 19.2 Å². The first-order valence-electron chi connectivity index (χ1n) is 14.1. The Labute approximate surface area is 244 Å². The van der Waals surface area contributed by atoms with Crippen molar-refractivity contribution in [1.82, 2.24) is 9.21 Å². The van der Waals surface area contributed by atoms with E-state index in [4.69, 9.17) is 9.47 Å². The molecule has 2 aromatic rings. The van der Waals surface area contributed by atoms with E-state index in [9.17, 15) is 4.79 Å². The van der Waals surface area contributed by atoms with Gasteiger partial charge in [0.25, 0.3) is 5.91 Å². The summed E-state index contributed by atoms with van der Waals surface area (Å²) < 4.78 is 18.0. The highest BCUT2D eigenvalue weighted by atomic mass is 32.2. The normalized spacial score (nSPS) is 21.7. The molecule has 2 aromatic carbocycles. The molecule has 0 saturated carbocycles. The Bertz CT molecular complexity index is 1270. The minimum Gasteiger partial charge on any atom is -0.486 e. The fraction of sp³-hybridized carbons (Fsp3) is 0.424. The van der Waals surface area contributed by atoms with Crippen molar-refractivity contribution < 1.29 is 14.3 Å². The minimum atomic E-state index is -0.236. The number of benzene rings is 2. The molecule has 3 atom stereocenters. The second-order valence-corrected chi connectivity index (χ2v) is 11.8. The maximum Gasteiger partial charge on any atom is 0.254 e. The van der Waals surface area contributed by atoms with Gasteiger partial charge in [-0.25, -0.2) is 4.31 Å². The Morgan fingerprint density at radius 3 is 2.62 bits per heavy atom. The summed E-state index contributed by atoms with van der Waals surface area (Å²) in [5, 5.41) is 0. The number of hydrogen-bond donors (Lipinski definition) is 1. The zero-order valence-corrected chi connectivity index (χ0v) is 25.5. The highest BCUT2D eigenvalue weighted by molar-refractivity contribution is 7.98. The van der Waals surface area contributed by atoms with Gasteiger partial charge in [-0.3, -0.25) is 4.79 Å². The number of allylic oxidation sites excluding steroid dienone is 5. The molecule has 214 valence electrons. The van der Waals surface area contributed by atoms with Gasteiger partial charge in [0.05, 0.1) is 13.1 Å². The molecule has 0 bridgehead atoms. The number of carbonyl (C=O) groups excluding carboxylic acids is 1. The molecule has 2 heterocycles. The van der Waals surface area contributed by atoms with Crippen LogP contribution in [0.2, 0.25) is 0 Å². The van der Waals surface area contributed by atoms with Crippen molar-refractivity contribution in [2.75, 3.05) is 38.0 Å². The monoisotopic (exact) mass is 561 g/mol. The van der Waals surface area contributed by atoms with Crippen LogP contribution in [-0.4, -0.2) is 60.6 Å². The van der Waals surface area contributed by atoms with E-state index in [0.717, 1.165) is 47.6 Å². The fourth-order valence-corrected chi connectivity index (χ4v) is 6.03. The second-order valence-electron chi connectivity index (χ2n) is 10.9. The smallest absolute Gasteiger partial charge is 0.254 e. The van der Waals surface area contributed by atoms with Gasteiger partial charge in [-0.2, -0.15) is 0 Å². The number of aryl methyl sites for hydroxylation is 2. The highest BCUT2D eigenvalue weighted by Gasteiger charge is 2.37. The molecular weight excluding hydrogens is 518 g/mol. The SMILES string of the molecule is C/C=C(\C=C/C=C(C)C)C1CCN(SNc2cccc(OC3CN(C(=O)c4cc(C)ccc4C)CC3OC)c2)C1. The summed E-state index contributed by atoms with van der Waals surface area (Å²) >= 11 is 1.65. The number of nitrogens with zero attached hydrogens (tertiary/aromatic N) is 2. The highest BCUT2D eigenvalue weighted by Crippen LogP contribution is 2.31. The molecule has 4 rings (SSSR count). The maximum atomic E-state index is 13.3. The molecule has 2 aliphatic heterocycles. The van der Waals surface area contributed by atoms with Gasteiger partial charge in [-0.15, -0.1) is 0 Å². The first kappa shape index (κ1) is 30.0. The molecule has 2 fully saturated rings. The molecule has 1 N–H and O–H groups in total. The first-order chi connectivity index (χ1) is 19.3. The Morgan fingerprint density at radius 2 is 1.88 bits per heavy atom. The summed E-state index contributed by atoms with van der Waals surface area (Å²) in [7, 11) is 1.68. The molecule has 0 aliphatic carbocycles. The quantitative estimate of drug-likeness (QED) is 0.249. The van der Waals surface area contributed by atoms with Gasteiger partial charge in [0.15, 0.2) is 0 Å². The van der Waals surface area contributed by atoms with Gasteiger partial charge in [-0.1, -0.05) is 53.6 Å². The summed E-state index contributed by atoms with van der Waals surface area (Å²) in [5.41, 5.74) is 6.49. The molecule has 40 heavy (non-hydrogen) atoms. The van der Waals surface area contributed by atoms with E-state index in [1.807, 2.05) is 61.2 Å². The predicted octanol–water partition coefficient (Wildman–Crippen LogP) is 6.99. The van der Waals surface area contributed by atoms with Crippen LogP contribution >= 0.6 is 12.1 Å². The van der Waals surface area contributed by atoms with Crippen LogP contribution in [0.1, 0.15) is 48.7 Å². The molecule has 3 unspecified atom stereocenters. The molecule has 1 amide bonds. The molecule has 7 heteroatoms. The number of rotatable bonds is 10. The van der Waals surface area contributed by atoms with E-state index in [-0.39, 0.29) is 18.1 Å². The fourth-order valence-electron chi connectivity index (χ4n) is 5.21. The van der Waals surface area contributed by atoms with E-state index in [0.29, 0.717) is 19.0 Å².